The van der Waals surface area contributed by atoms with Crippen molar-refractivity contribution in [2.24, 2.45) is 0 Å². The van der Waals surface area contributed by atoms with Crippen molar-refractivity contribution in [2.75, 3.05) is 6.54 Å². The Balaban J connectivity index is 1.85. The predicted molar refractivity (Wildman–Crippen MR) is 109 cm³/mol. The Kier molecular flexibility index (Phi) is 6.04. The number of benzene rings is 2. The molecule has 1 amide bonds. The number of carbonyl (C=O) groups excluding carboxylic acids is 1. The normalized spacial score (nSPS) is 10.6. The van der Waals surface area contributed by atoms with Gasteiger partial charge in [0.2, 0.25) is 5.43 Å². The smallest absolute Gasteiger partial charge is 0.294 e. The molecule has 1 heterocycles. The van der Waals surface area contributed by atoms with Crippen molar-refractivity contribution in [3.05, 3.63) is 96.9 Å². The average Bonchev–Trinajstić information content (AvgIpc) is 2.68. The monoisotopic (exact) mass is 412 g/mol. The molecule has 0 fully saturated rings. The molecule has 1 aromatic heterocycles. The number of nitro groups is 1. The first-order chi connectivity index (χ1) is 13.9. The molecule has 2 aromatic carbocycles. The number of nitrogens with one attached hydrogen (secondary N) is 1. The summed E-state index contributed by atoms with van der Waals surface area (Å²) in [5.41, 5.74) is 0.409. The largest absolute Gasteiger partial charge is 0.350 e. The van der Waals surface area contributed by atoms with Crippen LogP contribution in [0.25, 0.3) is 5.69 Å². The van der Waals surface area contributed by atoms with E-state index in [1.54, 1.807) is 25.1 Å². The maximum absolute atomic E-state index is 12.5. The van der Waals surface area contributed by atoms with Crippen LogP contribution in [0.15, 0.2) is 59.4 Å². The maximum Gasteiger partial charge on any atom is 0.294 e. The van der Waals surface area contributed by atoms with Gasteiger partial charge in [0, 0.05) is 29.4 Å². The highest BCUT2D eigenvalue weighted by Gasteiger charge is 2.19. The highest BCUT2D eigenvalue weighted by atomic mass is 35.5. The number of para-hydroxylation sites is 2. The molecule has 0 bridgehead atoms. The SMILES string of the molecule is Cc1cc(=O)c(C(=O)NCCc2cccc(Cl)c2)nn1-c1ccccc1[N+](=O)[O-]. The highest BCUT2D eigenvalue weighted by molar-refractivity contribution is 6.30. The van der Waals surface area contributed by atoms with Crippen LogP contribution in [0, 0.1) is 17.0 Å². The van der Waals surface area contributed by atoms with E-state index in [0.29, 0.717) is 17.1 Å². The Hall–Kier alpha value is -3.52. The second kappa shape index (κ2) is 8.66. The van der Waals surface area contributed by atoms with Crippen molar-refractivity contribution < 1.29 is 9.72 Å². The number of hydrogen-bond donors (Lipinski definition) is 1. The minimum atomic E-state index is -0.649. The molecule has 148 valence electrons. The number of amides is 1. The molecule has 0 saturated heterocycles. The summed E-state index contributed by atoms with van der Waals surface area (Å²) >= 11 is 5.94. The van der Waals surface area contributed by atoms with Crippen LogP contribution >= 0.6 is 11.6 Å². The number of rotatable bonds is 6. The lowest BCUT2D eigenvalue weighted by Gasteiger charge is -2.11. The fourth-order valence-corrected chi connectivity index (χ4v) is 3.06. The Morgan fingerprint density at radius 2 is 1.97 bits per heavy atom. The Morgan fingerprint density at radius 1 is 1.21 bits per heavy atom. The van der Waals surface area contributed by atoms with Crippen LogP contribution in [0.3, 0.4) is 0 Å². The molecular formula is C20H17ClN4O4. The summed E-state index contributed by atoms with van der Waals surface area (Å²) in [5.74, 6) is -0.649. The number of hydrogen-bond acceptors (Lipinski definition) is 5. The van der Waals surface area contributed by atoms with E-state index in [-0.39, 0.29) is 23.6 Å². The molecule has 8 nitrogen and oxygen atoms in total. The van der Waals surface area contributed by atoms with E-state index in [4.69, 9.17) is 11.6 Å². The van der Waals surface area contributed by atoms with E-state index in [9.17, 15) is 19.7 Å². The Bertz CT molecular complexity index is 1140. The van der Waals surface area contributed by atoms with Crippen molar-refractivity contribution in [3.63, 3.8) is 0 Å². The molecule has 0 saturated carbocycles. The van der Waals surface area contributed by atoms with Gasteiger partial charge in [0.25, 0.3) is 11.6 Å². The zero-order valence-corrected chi connectivity index (χ0v) is 16.2. The van der Waals surface area contributed by atoms with Gasteiger partial charge >= 0.3 is 0 Å². The lowest BCUT2D eigenvalue weighted by molar-refractivity contribution is -0.384. The lowest BCUT2D eigenvalue weighted by atomic mass is 10.1. The molecule has 0 atom stereocenters. The van der Waals surface area contributed by atoms with Crippen LogP contribution in [0.5, 0.6) is 0 Å². The van der Waals surface area contributed by atoms with Crippen LogP contribution in [0.2, 0.25) is 5.02 Å². The van der Waals surface area contributed by atoms with Gasteiger partial charge in [0.15, 0.2) is 5.69 Å². The molecule has 3 aromatic rings. The van der Waals surface area contributed by atoms with Crippen molar-refractivity contribution in [2.45, 2.75) is 13.3 Å². The van der Waals surface area contributed by atoms with E-state index in [1.165, 1.54) is 28.9 Å². The van der Waals surface area contributed by atoms with E-state index < -0.39 is 16.3 Å². The summed E-state index contributed by atoms with van der Waals surface area (Å²) in [4.78, 5) is 35.5. The van der Waals surface area contributed by atoms with Crippen molar-refractivity contribution in [1.29, 1.82) is 0 Å². The Labute approximate surface area is 170 Å². The van der Waals surface area contributed by atoms with Crippen LogP contribution in [-0.2, 0) is 6.42 Å². The van der Waals surface area contributed by atoms with Gasteiger partial charge in [0.05, 0.1) is 4.92 Å². The quantitative estimate of drug-likeness (QED) is 0.494. The number of aryl methyl sites for hydroxylation is 1. The van der Waals surface area contributed by atoms with E-state index in [2.05, 4.69) is 10.4 Å². The van der Waals surface area contributed by atoms with Crippen LogP contribution < -0.4 is 10.7 Å². The summed E-state index contributed by atoms with van der Waals surface area (Å²) in [6, 6.07) is 14.5. The van der Waals surface area contributed by atoms with Crippen molar-refractivity contribution >= 4 is 23.2 Å². The zero-order valence-electron chi connectivity index (χ0n) is 15.5. The number of aromatic nitrogens is 2. The number of nitrogens with zero attached hydrogens (tertiary/aromatic N) is 3. The minimum Gasteiger partial charge on any atom is -0.350 e. The number of halogens is 1. The van der Waals surface area contributed by atoms with Crippen molar-refractivity contribution in [1.82, 2.24) is 15.1 Å². The molecule has 0 aliphatic rings. The third-order valence-electron chi connectivity index (χ3n) is 4.22. The first kappa shape index (κ1) is 20.2. The zero-order chi connectivity index (χ0) is 21.0. The molecule has 9 heteroatoms. The fourth-order valence-electron chi connectivity index (χ4n) is 2.84. The molecule has 0 unspecified atom stereocenters. The standard InChI is InChI=1S/C20H17ClN4O4/c1-13-11-18(26)19(20(27)22-10-9-14-5-4-6-15(21)12-14)23-24(13)16-7-2-3-8-17(16)25(28)29/h2-8,11-12H,9-10H2,1H3,(H,22,27). The summed E-state index contributed by atoms with van der Waals surface area (Å²) in [5, 5.41) is 18.6. The van der Waals surface area contributed by atoms with Crippen LogP contribution in [0.1, 0.15) is 21.7 Å². The van der Waals surface area contributed by atoms with Gasteiger partial charge in [-0.15, -0.1) is 0 Å². The number of nitro benzene ring substituents is 1. The molecular weight excluding hydrogens is 396 g/mol. The van der Waals surface area contributed by atoms with Crippen LogP contribution in [0.4, 0.5) is 5.69 Å². The first-order valence-electron chi connectivity index (χ1n) is 8.74. The molecule has 0 aliphatic heterocycles. The number of carbonyl (C=O) groups is 1. The topological polar surface area (TPSA) is 107 Å². The fraction of sp³-hybridized carbons (Fsp3) is 0.150. The molecule has 0 spiro atoms. The second-order valence-electron chi connectivity index (χ2n) is 6.29. The van der Waals surface area contributed by atoms with Gasteiger partial charge < -0.3 is 5.32 Å². The molecule has 1 N–H and O–H groups in total. The van der Waals surface area contributed by atoms with Crippen molar-refractivity contribution in [3.8, 4) is 5.69 Å². The van der Waals surface area contributed by atoms with Gasteiger partial charge in [-0.05, 0) is 37.1 Å². The average molecular weight is 413 g/mol. The van der Waals surface area contributed by atoms with Gasteiger partial charge in [-0.1, -0.05) is 35.9 Å². The van der Waals surface area contributed by atoms with Gasteiger partial charge in [-0.25, -0.2) is 4.68 Å². The summed E-state index contributed by atoms with van der Waals surface area (Å²) in [6.07, 6.45) is 0.524. The lowest BCUT2D eigenvalue weighted by Crippen LogP contribution is -2.33. The molecule has 0 radical (unpaired) electrons. The van der Waals surface area contributed by atoms with E-state index in [1.807, 2.05) is 12.1 Å². The third-order valence-corrected chi connectivity index (χ3v) is 4.45. The third kappa shape index (κ3) is 4.67. The summed E-state index contributed by atoms with van der Waals surface area (Å²) < 4.78 is 1.23. The summed E-state index contributed by atoms with van der Waals surface area (Å²) in [6.45, 7) is 1.87. The van der Waals surface area contributed by atoms with Gasteiger partial charge in [-0.3, -0.25) is 19.7 Å². The first-order valence-corrected chi connectivity index (χ1v) is 9.12. The van der Waals surface area contributed by atoms with Crippen LogP contribution in [-0.4, -0.2) is 27.2 Å². The van der Waals surface area contributed by atoms with E-state index in [0.717, 1.165) is 5.56 Å². The second-order valence-corrected chi connectivity index (χ2v) is 6.73. The Morgan fingerprint density at radius 3 is 2.69 bits per heavy atom. The van der Waals surface area contributed by atoms with Gasteiger partial charge in [-0.2, -0.15) is 5.10 Å². The molecule has 3 rings (SSSR count). The van der Waals surface area contributed by atoms with Gasteiger partial charge in [0.1, 0.15) is 5.69 Å². The molecule has 0 aliphatic carbocycles. The highest BCUT2D eigenvalue weighted by Crippen LogP contribution is 2.22. The predicted octanol–water partition coefficient (Wildman–Crippen LogP) is 3.08. The van der Waals surface area contributed by atoms with E-state index >= 15 is 0 Å². The maximum atomic E-state index is 12.5. The summed E-state index contributed by atoms with van der Waals surface area (Å²) in [7, 11) is 0. The molecule has 29 heavy (non-hydrogen) atoms. The minimum absolute atomic E-state index is 0.169.